The maximum atomic E-state index is 13.5. The summed E-state index contributed by atoms with van der Waals surface area (Å²) < 4.78 is 24.7. The third-order valence-electron chi connectivity index (χ3n) is 6.16. The van der Waals surface area contributed by atoms with Crippen LogP contribution >= 0.6 is 11.6 Å². The molecule has 0 unspecified atom stereocenters. The van der Waals surface area contributed by atoms with Gasteiger partial charge < -0.3 is 24.9 Å². The van der Waals surface area contributed by atoms with Gasteiger partial charge in [0.1, 0.15) is 11.6 Å². The summed E-state index contributed by atoms with van der Waals surface area (Å²) in [6.07, 6.45) is 3.26. The molecule has 1 amide bonds. The van der Waals surface area contributed by atoms with Crippen LogP contribution in [0.15, 0.2) is 22.6 Å². The molecule has 8 nitrogen and oxygen atoms in total. The molecule has 3 N–H and O–H groups in total. The van der Waals surface area contributed by atoms with Crippen molar-refractivity contribution in [2.75, 3.05) is 13.2 Å². The Morgan fingerprint density at radius 2 is 2.19 bits per heavy atom. The lowest BCUT2D eigenvalue weighted by Gasteiger charge is -2.40. The number of ether oxygens (including phenoxy) is 1. The van der Waals surface area contributed by atoms with Crippen LogP contribution in [0.2, 0.25) is 5.02 Å². The van der Waals surface area contributed by atoms with E-state index in [1.54, 1.807) is 0 Å². The second kappa shape index (κ2) is 9.10. The SMILES string of the molecule is CC[C@@]1(NC(=O)COc2ccc(Cl)c(F)c2)CC[C@H](c2nnc(C3CC(O)C3)o2)NC1. The molecule has 2 atom stereocenters. The first-order valence-corrected chi connectivity index (χ1v) is 10.9. The van der Waals surface area contributed by atoms with Crippen LogP contribution in [-0.4, -0.2) is 46.0 Å². The molecule has 1 aliphatic heterocycles. The Hall–Kier alpha value is -2.23. The lowest BCUT2D eigenvalue weighted by Crippen LogP contribution is -2.58. The normalized spacial score (nSPS) is 28.1. The molecular weight excluding hydrogens is 427 g/mol. The predicted octanol–water partition coefficient (Wildman–Crippen LogP) is 2.87. The van der Waals surface area contributed by atoms with Gasteiger partial charge in [0.15, 0.2) is 6.61 Å². The molecule has 1 saturated heterocycles. The maximum Gasteiger partial charge on any atom is 0.258 e. The molecule has 2 aromatic rings. The van der Waals surface area contributed by atoms with Crippen LogP contribution in [-0.2, 0) is 4.79 Å². The van der Waals surface area contributed by atoms with Crippen molar-refractivity contribution < 1.29 is 23.4 Å². The van der Waals surface area contributed by atoms with Crippen LogP contribution in [0.1, 0.15) is 62.8 Å². The smallest absolute Gasteiger partial charge is 0.258 e. The maximum absolute atomic E-state index is 13.5. The van der Waals surface area contributed by atoms with Crippen molar-refractivity contribution in [3.05, 3.63) is 40.8 Å². The van der Waals surface area contributed by atoms with Crippen LogP contribution in [0.3, 0.4) is 0 Å². The van der Waals surface area contributed by atoms with Gasteiger partial charge in [0.2, 0.25) is 11.8 Å². The summed E-state index contributed by atoms with van der Waals surface area (Å²) in [7, 11) is 0. The van der Waals surface area contributed by atoms with E-state index in [9.17, 15) is 14.3 Å². The first-order chi connectivity index (χ1) is 14.9. The first-order valence-electron chi connectivity index (χ1n) is 10.5. The molecule has 1 aliphatic carbocycles. The van der Waals surface area contributed by atoms with E-state index in [1.807, 2.05) is 6.92 Å². The number of carbonyl (C=O) groups is 1. The first kappa shape index (κ1) is 22.0. The highest BCUT2D eigenvalue weighted by molar-refractivity contribution is 6.30. The molecule has 2 fully saturated rings. The minimum absolute atomic E-state index is 0.00298. The number of carbonyl (C=O) groups excluding carboxylic acids is 1. The number of nitrogens with one attached hydrogen (secondary N) is 2. The highest BCUT2D eigenvalue weighted by Crippen LogP contribution is 2.37. The molecule has 0 bridgehead atoms. The van der Waals surface area contributed by atoms with Gasteiger partial charge in [-0.15, -0.1) is 10.2 Å². The van der Waals surface area contributed by atoms with Gasteiger partial charge >= 0.3 is 0 Å². The van der Waals surface area contributed by atoms with E-state index in [0.717, 1.165) is 25.3 Å². The second-order valence-electron chi connectivity index (χ2n) is 8.32. The van der Waals surface area contributed by atoms with E-state index >= 15 is 0 Å². The van der Waals surface area contributed by atoms with Crippen LogP contribution in [0.25, 0.3) is 0 Å². The lowest BCUT2D eigenvalue weighted by molar-refractivity contribution is -0.125. The molecule has 1 saturated carbocycles. The van der Waals surface area contributed by atoms with E-state index in [4.69, 9.17) is 20.8 Å². The van der Waals surface area contributed by atoms with Crippen molar-refractivity contribution in [2.24, 2.45) is 0 Å². The molecule has 0 spiro atoms. The van der Waals surface area contributed by atoms with E-state index in [-0.39, 0.29) is 41.3 Å². The summed E-state index contributed by atoms with van der Waals surface area (Å²) in [4.78, 5) is 12.5. The highest BCUT2D eigenvalue weighted by atomic mass is 35.5. The fourth-order valence-corrected chi connectivity index (χ4v) is 4.14. The Balaban J connectivity index is 1.28. The Bertz CT molecular complexity index is 926. The Morgan fingerprint density at radius 3 is 2.84 bits per heavy atom. The summed E-state index contributed by atoms with van der Waals surface area (Å²) in [5.74, 6) is 0.642. The number of piperidine rings is 1. The number of benzene rings is 1. The van der Waals surface area contributed by atoms with Crippen molar-refractivity contribution in [3.8, 4) is 5.75 Å². The number of hydrogen-bond donors (Lipinski definition) is 3. The zero-order chi connectivity index (χ0) is 22.0. The Labute approximate surface area is 184 Å². The fraction of sp³-hybridized carbons (Fsp3) is 0.571. The fourth-order valence-electron chi connectivity index (χ4n) is 4.03. The molecule has 31 heavy (non-hydrogen) atoms. The largest absolute Gasteiger partial charge is 0.484 e. The number of aliphatic hydroxyl groups excluding tert-OH is 1. The van der Waals surface area contributed by atoms with E-state index in [2.05, 4.69) is 20.8 Å². The van der Waals surface area contributed by atoms with Gasteiger partial charge in [-0.05, 0) is 44.2 Å². The van der Waals surface area contributed by atoms with Crippen LogP contribution in [0.5, 0.6) is 5.75 Å². The molecule has 2 heterocycles. The molecule has 2 aliphatic rings. The van der Waals surface area contributed by atoms with E-state index < -0.39 is 11.4 Å². The number of hydrogen-bond acceptors (Lipinski definition) is 7. The number of aromatic nitrogens is 2. The molecule has 0 radical (unpaired) electrons. The zero-order valence-corrected chi connectivity index (χ0v) is 18.0. The quantitative estimate of drug-likeness (QED) is 0.592. The Kier molecular flexibility index (Phi) is 6.45. The van der Waals surface area contributed by atoms with Crippen molar-refractivity contribution >= 4 is 17.5 Å². The third kappa shape index (κ3) is 4.99. The predicted molar refractivity (Wildman–Crippen MR) is 110 cm³/mol. The minimum Gasteiger partial charge on any atom is -0.484 e. The Morgan fingerprint density at radius 1 is 1.42 bits per heavy atom. The molecule has 4 rings (SSSR count). The summed E-state index contributed by atoms with van der Waals surface area (Å²) in [6, 6.07) is 3.99. The highest BCUT2D eigenvalue weighted by Gasteiger charge is 2.38. The van der Waals surface area contributed by atoms with Crippen LogP contribution in [0, 0.1) is 5.82 Å². The monoisotopic (exact) mass is 452 g/mol. The lowest BCUT2D eigenvalue weighted by atomic mass is 9.82. The summed E-state index contributed by atoms with van der Waals surface area (Å²) >= 11 is 5.66. The summed E-state index contributed by atoms with van der Waals surface area (Å²) in [6.45, 7) is 2.35. The van der Waals surface area contributed by atoms with E-state index in [1.165, 1.54) is 12.1 Å². The zero-order valence-electron chi connectivity index (χ0n) is 17.2. The standard InChI is InChI=1S/C21H26ClFN4O4/c1-2-21(25-18(29)10-30-14-3-4-15(22)16(23)9-14)6-5-17(24-11-21)20-27-26-19(31-20)12-7-13(28)8-12/h3-4,9,12-13,17,24,28H,2,5-8,10-11H2,1H3,(H,25,29)/t12?,13?,17-,21-/m1/s1. The summed E-state index contributed by atoms with van der Waals surface area (Å²) in [5.41, 5.74) is -0.414. The topological polar surface area (TPSA) is 110 Å². The molecular formula is C21H26ClFN4O4. The van der Waals surface area contributed by atoms with Crippen molar-refractivity contribution in [1.29, 1.82) is 0 Å². The number of nitrogens with zero attached hydrogens (tertiary/aromatic N) is 2. The third-order valence-corrected chi connectivity index (χ3v) is 6.46. The second-order valence-corrected chi connectivity index (χ2v) is 8.73. The van der Waals surface area contributed by atoms with Gasteiger partial charge in [-0.25, -0.2) is 4.39 Å². The average molecular weight is 453 g/mol. The van der Waals surface area contributed by atoms with Gasteiger partial charge in [0.25, 0.3) is 5.91 Å². The molecule has 1 aromatic heterocycles. The van der Waals surface area contributed by atoms with Gasteiger partial charge in [0.05, 0.1) is 22.7 Å². The van der Waals surface area contributed by atoms with Gasteiger partial charge in [-0.2, -0.15) is 0 Å². The number of rotatable bonds is 7. The number of amides is 1. The van der Waals surface area contributed by atoms with Crippen molar-refractivity contribution in [3.63, 3.8) is 0 Å². The van der Waals surface area contributed by atoms with Gasteiger partial charge in [-0.3, -0.25) is 4.79 Å². The van der Waals surface area contributed by atoms with Crippen LogP contribution in [0.4, 0.5) is 4.39 Å². The summed E-state index contributed by atoms with van der Waals surface area (Å²) in [5, 5.41) is 24.2. The minimum atomic E-state index is -0.593. The number of aliphatic hydroxyl groups is 1. The molecule has 168 valence electrons. The molecule has 1 aromatic carbocycles. The van der Waals surface area contributed by atoms with Crippen LogP contribution < -0.4 is 15.4 Å². The van der Waals surface area contributed by atoms with Crippen molar-refractivity contribution in [2.45, 2.75) is 62.6 Å². The number of halogens is 2. The van der Waals surface area contributed by atoms with Gasteiger partial charge in [0, 0.05) is 18.5 Å². The van der Waals surface area contributed by atoms with Crippen molar-refractivity contribution in [1.82, 2.24) is 20.8 Å². The van der Waals surface area contributed by atoms with E-state index in [0.29, 0.717) is 31.2 Å². The average Bonchev–Trinajstić information content (AvgIpc) is 3.22. The van der Waals surface area contributed by atoms with Gasteiger partial charge in [-0.1, -0.05) is 18.5 Å². The molecule has 10 heteroatoms.